The molecular formula is C28H43N7O5S3. The van der Waals surface area contributed by atoms with E-state index in [2.05, 4.69) is 51.7 Å². The van der Waals surface area contributed by atoms with Crippen LogP contribution in [0.4, 0.5) is 11.5 Å². The molecule has 5 heterocycles. The van der Waals surface area contributed by atoms with Gasteiger partial charge < -0.3 is 29.2 Å². The maximum absolute atomic E-state index is 13.0. The molecule has 43 heavy (non-hydrogen) atoms. The van der Waals surface area contributed by atoms with Crippen LogP contribution >= 0.6 is 22.5 Å². The zero-order valence-corrected chi connectivity index (χ0v) is 27.8. The Labute approximate surface area is 260 Å². The lowest BCUT2D eigenvalue weighted by Gasteiger charge is -2.32. The zero-order chi connectivity index (χ0) is 30.8. The van der Waals surface area contributed by atoms with Crippen molar-refractivity contribution in [3.63, 3.8) is 0 Å². The van der Waals surface area contributed by atoms with Gasteiger partial charge in [0.2, 0.25) is 11.3 Å². The van der Waals surface area contributed by atoms with Crippen molar-refractivity contribution >= 4 is 44.0 Å². The van der Waals surface area contributed by atoms with E-state index in [1.165, 1.54) is 9.69 Å². The Morgan fingerprint density at radius 1 is 1.21 bits per heavy atom. The van der Waals surface area contributed by atoms with Gasteiger partial charge in [-0.05, 0) is 62.7 Å². The molecule has 12 nitrogen and oxygen atoms in total. The summed E-state index contributed by atoms with van der Waals surface area (Å²) in [5, 5.41) is 15.3. The average molecular weight is 654 g/mol. The molecular weight excluding hydrogens is 611 g/mol. The van der Waals surface area contributed by atoms with E-state index in [1.54, 1.807) is 6.26 Å². The second-order valence-corrected chi connectivity index (χ2v) is 16.4. The minimum Gasteiger partial charge on any atom is -0.548 e. The summed E-state index contributed by atoms with van der Waals surface area (Å²) in [4.78, 5) is 9.78. The van der Waals surface area contributed by atoms with Crippen molar-refractivity contribution in [3.8, 4) is 5.75 Å². The van der Waals surface area contributed by atoms with Gasteiger partial charge in [0, 0.05) is 49.0 Å². The molecule has 0 bridgehead atoms. The Hall–Kier alpha value is -2.27. The summed E-state index contributed by atoms with van der Waals surface area (Å²) >= 11 is -0.841. The molecule has 2 aliphatic heterocycles. The molecule has 15 heteroatoms. The van der Waals surface area contributed by atoms with Crippen LogP contribution in [0.5, 0.6) is 5.75 Å². The Kier molecular flexibility index (Phi) is 10.0. The van der Waals surface area contributed by atoms with Gasteiger partial charge in [0.25, 0.3) is 10.0 Å². The zero-order valence-electron chi connectivity index (χ0n) is 25.3. The van der Waals surface area contributed by atoms with Crippen molar-refractivity contribution < 1.29 is 22.5 Å². The number of aryl methyl sites for hydroxylation is 1. The third-order valence-corrected chi connectivity index (χ3v) is 12.1. The molecule has 2 saturated heterocycles. The van der Waals surface area contributed by atoms with Crippen molar-refractivity contribution in [2.24, 2.45) is 10.4 Å². The highest BCUT2D eigenvalue weighted by atomic mass is 32.2. The first-order valence-corrected chi connectivity index (χ1v) is 18.3. The van der Waals surface area contributed by atoms with Gasteiger partial charge >= 0.3 is 0 Å². The fourth-order valence-electron chi connectivity index (χ4n) is 5.45. The van der Waals surface area contributed by atoms with Crippen LogP contribution in [0.15, 0.2) is 31.3 Å². The molecule has 2 atom stereocenters. The summed E-state index contributed by atoms with van der Waals surface area (Å²) in [6, 6.07) is 1.63. The van der Waals surface area contributed by atoms with E-state index in [0.717, 1.165) is 81.7 Å². The van der Waals surface area contributed by atoms with E-state index in [-0.39, 0.29) is 32.4 Å². The standard InChI is InChI=1S/C28H43N7O5S3/c1-28(2,3)24(22-17-20(18-40-22)9-5-6-10-34-15-13-33(4)14-16-34)30-26-25(31-42(37)32-26)29-21-19-41-27(23(21)36)43(38,39)35-11-7-8-12-35/h17-19,24,36H,5-16H2,1-4H3,(H,29,31)(H,30,32)/t24-,42?/m0/s1. The Morgan fingerprint density at radius 3 is 2.63 bits per heavy atom. The second-order valence-electron chi connectivity index (χ2n) is 12.5. The van der Waals surface area contributed by atoms with Gasteiger partial charge in [0.1, 0.15) is 11.8 Å². The van der Waals surface area contributed by atoms with Crippen molar-refractivity contribution in [3.05, 3.63) is 34.5 Å². The number of nitrogens with zero attached hydrogens (tertiary/aromatic N) is 5. The fraction of sp³-hybridized carbons (Fsp3) is 0.643. The van der Waals surface area contributed by atoms with Crippen LogP contribution in [0.2, 0.25) is 0 Å². The number of likely N-dealkylation sites (N-methyl/N-ethyl adjacent to an activating group) is 1. The smallest absolute Gasteiger partial charge is 0.256 e. The molecule has 238 valence electrons. The maximum atomic E-state index is 13.0. The van der Waals surface area contributed by atoms with Crippen LogP contribution in [0, 0.1) is 5.41 Å². The van der Waals surface area contributed by atoms with Crippen molar-refractivity contribution in [1.82, 2.24) is 22.9 Å². The predicted molar refractivity (Wildman–Crippen MR) is 168 cm³/mol. The van der Waals surface area contributed by atoms with Gasteiger partial charge in [-0.2, -0.15) is 4.31 Å². The maximum Gasteiger partial charge on any atom is 0.256 e. The minimum absolute atomic E-state index is 0.123. The highest BCUT2D eigenvalue weighted by Crippen LogP contribution is 2.41. The number of rotatable bonds is 11. The molecule has 0 saturated carbocycles. The normalized spacial score (nSPS) is 19.4. The van der Waals surface area contributed by atoms with Gasteiger partial charge in [-0.3, -0.25) is 0 Å². The lowest BCUT2D eigenvalue weighted by atomic mass is 9.85. The number of H-pyrrole nitrogens is 1. The molecule has 3 aromatic rings. The summed E-state index contributed by atoms with van der Waals surface area (Å²) in [6.07, 6.45) is 6.51. The van der Waals surface area contributed by atoms with Crippen LogP contribution < -0.4 is 10.8 Å². The van der Waals surface area contributed by atoms with Gasteiger partial charge in [-0.1, -0.05) is 20.8 Å². The number of aromatic amines is 1. The van der Waals surface area contributed by atoms with E-state index in [0.29, 0.717) is 18.8 Å². The number of piperazine rings is 1. The molecule has 0 aliphatic carbocycles. The number of furan rings is 1. The van der Waals surface area contributed by atoms with Crippen LogP contribution in [-0.4, -0.2) is 93.8 Å². The fourth-order valence-corrected chi connectivity index (χ4v) is 9.00. The third-order valence-electron chi connectivity index (χ3n) is 8.01. The van der Waals surface area contributed by atoms with Crippen molar-refractivity contribution in [2.45, 2.75) is 63.1 Å². The summed E-state index contributed by atoms with van der Waals surface area (Å²) in [5.41, 5.74) is 1.19. The number of hydrogen-bond donors (Lipinski definition) is 3. The van der Waals surface area contributed by atoms with Crippen LogP contribution in [0.25, 0.3) is 0 Å². The number of thiophene rings is 1. The van der Waals surface area contributed by atoms with E-state index >= 15 is 0 Å². The summed E-state index contributed by atoms with van der Waals surface area (Å²) in [6.45, 7) is 12.7. The number of aromatic hydroxyl groups is 1. The molecule has 5 rings (SSSR count). The predicted octanol–water partition coefficient (Wildman–Crippen LogP) is 4.28. The molecule has 2 aliphatic rings. The van der Waals surface area contributed by atoms with Crippen molar-refractivity contribution in [1.29, 1.82) is 0 Å². The first-order valence-electron chi connectivity index (χ1n) is 14.8. The van der Waals surface area contributed by atoms with Crippen LogP contribution in [0.1, 0.15) is 63.8 Å². The Morgan fingerprint density at radius 2 is 1.93 bits per heavy atom. The van der Waals surface area contributed by atoms with E-state index in [4.69, 9.17) is 9.41 Å². The SMILES string of the molecule is CN1CCN(CCCCc2coc([C@H](N=c3[nH][s+]([O-])nc3Nc3csc(S(=O)(=O)N4CCCC4)c3O)C(C)(C)C)c2)CC1. The number of nitrogens with one attached hydrogen (secondary N) is 2. The lowest BCUT2D eigenvalue weighted by molar-refractivity contribution is 0.152. The monoisotopic (exact) mass is 653 g/mol. The first-order chi connectivity index (χ1) is 20.4. The summed E-state index contributed by atoms with van der Waals surface area (Å²) in [5.74, 6) is 0.471. The van der Waals surface area contributed by atoms with Gasteiger partial charge in [0.05, 0.1) is 12.0 Å². The first kappa shape index (κ1) is 32.1. The van der Waals surface area contributed by atoms with Gasteiger partial charge in [-0.15, -0.1) is 15.7 Å². The highest BCUT2D eigenvalue weighted by molar-refractivity contribution is 7.91. The van der Waals surface area contributed by atoms with Gasteiger partial charge in [-0.25, -0.2) is 13.4 Å². The molecule has 0 spiro atoms. The highest BCUT2D eigenvalue weighted by Gasteiger charge is 2.33. The number of sulfonamides is 1. The molecule has 2 fully saturated rings. The summed E-state index contributed by atoms with van der Waals surface area (Å²) in [7, 11) is -1.62. The Balaban J connectivity index is 1.30. The molecule has 0 amide bonds. The number of hydrogen-bond acceptors (Lipinski definition) is 11. The number of unbranched alkanes of at least 4 members (excludes halogenated alkanes) is 1. The quantitative estimate of drug-likeness (QED) is 0.203. The molecule has 1 unspecified atom stereocenters. The second kappa shape index (κ2) is 13.4. The molecule has 0 radical (unpaired) electrons. The van der Waals surface area contributed by atoms with Gasteiger partial charge in [0.15, 0.2) is 21.1 Å². The third kappa shape index (κ3) is 7.70. The average Bonchev–Trinajstić information content (AvgIpc) is 3.75. The molecule has 3 N–H and O–H groups in total. The lowest BCUT2D eigenvalue weighted by Crippen LogP contribution is -2.44. The van der Waals surface area contributed by atoms with E-state index in [9.17, 15) is 18.1 Å². The minimum atomic E-state index is -3.80. The molecule has 3 aromatic heterocycles. The molecule has 0 aromatic carbocycles. The van der Waals surface area contributed by atoms with Crippen molar-refractivity contribution in [2.75, 3.05) is 58.2 Å². The van der Waals surface area contributed by atoms with Crippen LogP contribution in [-0.2, 0) is 16.4 Å². The van der Waals surface area contributed by atoms with Crippen LogP contribution in [0.3, 0.4) is 0 Å². The number of aromatic nitrogens is 2. The van der Waals surface area contributed by atoms with E-state index < -0.39 is 27.2 Å². The largest absolute Gasteiger partial charge is 0.548 e. The topological polar surface area (TPSA) is 153 Å². The Bertz CT molecular complexity index is 1540. The van der Waals surface area contributed by atoms with E-state index in [1.807, 2.05) is 6.07 Å². The number of anilines is 2. The summed E-state index contributed by atoms with van der Waals surface area (Å²) < 4.78 is 52.6.